The van der Waals surface area contributed by atoms with Crippen LogP contribution >= 0.6 is 11.6 Å². The van der Waals surface area contributed by atoms with Gasteiger partial charge in [-0.2, -0.15) is 4.98 Å². The van der Waals surface area contributed by atoms with Crippen molar-refractivity contribution in [3.8, 4) is 5.88 Å². The summed E-state index contributed by atoms with van der Waals surface area (Å²) in [6, 6.07) is 0. The van der Waals surface area contributed by atoms with E-state index in [1.54, 1.807) is 0 Å². The van der Waals surface area contributed by atoms with E-state index < -0.39 is 0 Å². The Balaban J connectivity index is 2.48. The van der Waals surface area contributed by atoms with Crippen LogP contribution in [0.3, 0.4) is 0 Å². The molecule has 17 heavy (non-hydrogen) atoms. The third-order valence-electron chi connectivity index (χ3n) is 1.82. The monoisotopic (exact) mass is 259 g/mol. The van der Waals surface area contributed by atoms with Gasteiger partial charge >= 0.3 is 0 Å². The fourth-order valence-electron chi connectivity index (χ4n) is 1.12. The zero-order chi connectivity index (χ0) is 12.7. The van der Waals surface area contributed by atoms with Crippen molar-refractivity contribution < 1.29 is 9.47 Å². The van der Waals surface area contributed by atoms with E-state index in [2.05, 4.69) is 15.3 Å². The van der Waals surface area contributed by atoms with Gasteiger partial charge in [-0.15, -0.1) is 0 Å². The summed E-state index contributed by atoms with van der Waals surface area (Å²) in [5.74, 6) is 0.890. The molecule has 5 nitrogen and oxygen atoms in total. The largest absolute Gasteiger partial charge is 0.474 e. The Morgan fingerprint density at radius 1 is 1.41 bits per heavy atom. The van der Waals surface area contributed by atoms with E-state index in [0.717, 1.165) is 6.54 Å². The van der Waals surface area contributed by atoms with Crippen LogP contribution in [0.5, 0.6) is 5.88 Å². The summed E-state index contributed by atoms with van der Waals surface area (Å²) in [7, 11) is 0. The maximum absolute atomic E-state index is 5.92. The minimum atomic E-state index is 0.191. The average Bonchev–Trinajstić information content (AvgIpc) is 2.28. The highest BCUT2D eigenvalue weighted by Crippen LogP contribution is 2.21. The average molecular weight is 260 g/mol. The molecule has 0 atom stereocenters. The highest BCUT2D eigenvalue weighted by atomic mass is 35.5. The maximum Gasteiger partial charge on any atom is 0.237 e. The third kappa shape index (κ3) is 5.19. The molecule has 0 saturated heterocycles. The molecule has 6 heteroatoms. The van der Waals surface area contributed by atoms with E-state index in [0.29, 0.717) is 30.1 Å². The molecule has 0 bridgehead atoms. The predicted molar refractivity (Wildman–Crippen MR) is 67.8 cm³/mol. The molecule has 0 aliphatic heterocycles. The molecular weight excluding hydrogens is 242 g/mol. The van der Waals surface area contributed by atoms with E-state index >= 15 is 0 Å². The Labute approximate surface area is 107 Å². The molecule has 1 N–H and O–H groups in total. The molecule has 0 radical (unpaired) electrons. The smallest absolute Gasteiger partial charge is 0.237 e. The van der Waals surface area contributed by atoms with Gasteiger partial charge in [-0.1, -0.05) is 11.6 Å². The molecule has 96 valence electrons. The first kappa shape index (κ1) is 14.0. The first-order chi connectivity index (χ1) is 8.13. The van der Waals surface area contributed by atoms with E-state index in [9.17, 15) is 0 Å². The lowest BCUT2D eigenvalue weighted by atomic mass is 10.5. The van der Waals surface area contributed by atoms with Crippen LogP contribution in [0.2, 0.25) is 5.02 Å². The Morgan fingerprint density at radius 3 is 2.82 bits per heavy atom. The van der Waals surface area contributed by atoms with Crippen LogP contribution in [0.1, 0.15) is 20.8 Å². The van der Waals surface area contributed by atoms with Crippen molar-refractivity contribution in [2.24, 2.45) is 0 Å². The van der Waals surface area contributed by atoms with Gasteiger partial charge in [0.1, 0.15) is 11.6 Å². The van der Waals surface area contributed by atoms with Crippen LogP contribution < -0.4 is 10.1 Å². The van der Waals surface area contributed by atoms with Crippen molar-refractivity contribution in [1.82, 2.24) is 9.97 Å². The fraction of sp³-hybridized carbons (Fsp3) is 0.636. The molecule has 0 aliphatic carbocycles. The summed E-state index contributed by atoms with van der Waals surface area (Å²) in [6.07, 6.45) is 1.71. The summed E-state index contributed by atoms with van der Waals surface area (Å²) in [4.78, 5) is 8.17. The second kappa shape index (κ2) is 7.29. The number of anilines is 1. The van der Waals surface area contributed by atoms with Gasteiger partial charge in [0.2, 0.25) is 11.8 Å². The highest BCUT2D eigenvalue weighted by Gasteiger charge is 2.06. The number of nitrogens with one attached hydrogen (secondary N) is 1. The number of rotatable bonds is 7. The van der Waals surface area contributed by atoms with E-state index in [4.69, 9.17) is 21.1 Å². The normalized spacial score (nSPS) is 10.6. The number of halogens is 1. The number of hydrogen-bond acceptors (Lipinski definition) is 5. The van der Waals surface area contributed by atoms with Crippen LogP contribution in [-0.2, 0) is 4.74 Å². The first-order valence-electron chi connectivity index (χ1n) is 5.64. The number of ether oxygens (including phenoxy) is 2. The number of hydrogen-bond donors (Lipinski definition) is 1. The first-order valence-corrected chi connectivity index (χ1v) is 6.02. The van der Waals surface area contributed by atoms with Crippen LogP contribution in [0.25, 0.3) is 0 Å². The Morgan fingerprint density at radius 2 is 2.18 bits per heavy atom. The van der Waals surface area contributed by atoms with E-state index in [1.807, 2.05) is 20.8 Å². The van der Waals surface area contributed by atoms with Crippen molar-refractivity contribution in [2.75, 3.05) is 25.1 Å². The van der Waals surface area contributed by atoms with E-state index in [1.165, 1.54) is 6.20 Å². The molecule has 0 spiro atoms. The number of aromatic nitrogens is 2. The van der Waals surface area contributed by atoms with Crippen molar-refractivity contribution in [3.63, 3.8) is 0 Å². The van der Waals surface area contributed by atoms with Crippen molar-refractivity contribution >= 4 is 17.5 Å². The topological polar surface area (TPSA) is 56.3 Å². The minimum Gasteiger partial charge on any atom is -0.474 e. The van der Waals surface area contributed by atoms with Gasteiger partial charge in [-0.05, 0) is 20.8 Å². The highest BCUT2D eigenvalue weighted by molar-refractivity contribution is 6.31. The lowest BCUT2D eigenvalue weighted by molar-refractivity contribution is 0.0543. The van der Waals surface area contributed by atoms with Gasteiger partial charge < -0.3 is 14.8 Å². The van der Waals surface area contributed by atoms with Crippen LogP contribution in [-0.4, -0.2) is 35.8 Å². The molecule has 0 unspecified atom stereocenters. The molecule has 1 aromatic heterocycles. The second-order valence-corrected chi connectivity index (χ2v) is 4.05. The van der Waals surface area contributed by atoms with Gasteiger partial charge in [-0.3, -0.25) is 0 Å². The van der Waals surface area contributed by atoms with Crippen molar-refractivity contribution in [2.45, 2.75) is 26.9 Å². The maximum atomic E-state index is 5.92. The molecule has 0 aliphatic rings. The Kier molecular flexibility index (Phi) is 6.00. The SMILES string of the molecule is CCNc1ncc(Cl)c(OCCOC(C)C)n1. The van der Waals surface area contributed by atoms with Crippen LogP contribution in [0.15, 0.2) is 6.20 Å². The Bertz CT molecular complexity index is 347. The van der Waals surface area contributed by atoms with Crippen molar-refractivity contribution in [1.29, 1.82) is 0 Å². The summed E-state index contributed by atoms with van der Waals surface area (Å²) < 4.78 is 10.8. The van der Waals surface area contributed by atoms with Crippen LogP contribution in [0, 0.1) is 0 Å². The van der Waals surface area contributed by atoms with Gasteiger partial charge in [0.25, 0.3) is 0 Å². The summed E-state index contributed by atoms with van der Waals surface area (Å²) in [5.41, 5.74) is 0. The third-order valence-corrected chi connectivity index (χ3v) is 2.08. The predicted octanol–water partition coefficient (Wildman–Crippen LogP) is 2.37. The molecule has 0 aromatic carbocycles. The molecule has 0 saturated carbocycles. The minimum absolute atomic E-state index is 0.191. The molecule has 0 fully saturated rings. The summed E-state index contributed by atoms with van der Waals surface area (Å²) in [5, 5.41) is 3.39. The second-order valence-electron chi connectivity index (χ2n) is 3.65. The fourth-order valence-corrected chi connectivity index (χ4v) is 1.26. The quantitative estimate of drug-likeness (QED) is 0.762. The summed E-state index contributed by atoms with van der Waals surface area (Å²) >= 11 is 5.92. The van der Waals surface area contributed by atoms with E-state index in [-0.39, 0.29) is 6.10 Å². The lowest BCUT2D eigenvalue weighted by Gasteiger charge is -2.10. The molecule has 0 amide bonds. The Hall–Kier alpha value is -1.07. The van der Waals surface area contributed by atoms with Crippen molar-refractivity contribution in [3.05, 3.63) is 11.2 Å². The van der Waals surface area contributed by atoms with Gasteiger partial charge in [0, 0.05) is 6.54 Å². The van der Waals surface area contributed by atoms with Gasteiger partial charge in [0.05, 0.1) is 18.9 Å². The van der Waals surface area contributed by atoms with Gasteiger partial charge in [-0.25, -0.2) is 4.98 Å². The molecule has 1 heterocycles. The molecular formula is C11H18ClN3O2. The van der Waals surface area contributed by atoms with Crippen LogP contribution in [0.4, 0.5) is 5.95 Å². The standard InChI is InChI=1S/C11H18ClN3O2/c1-4-13-11-14-7-9(12)10(15-11)17-6-5-16-8(2)3/h7-8H,4-6H2,1-3H3,(H,13,14,15). The number of nitrogens with zero attached hydrogens (tertiary/aromatic N) is 2. The lowest BCUT2D eigenvalue weighted by Crippen LogP contribution is -2.12. The molecule has 1 rings (SSSR count). The zero-order valence-electron chi connectivity index (χ0n) is 10.4. The van der Waals surface area contributed by atoms with Gasteiger partial charge in [0.15, 0.2) is 0 Å². The molecule has 1 aromatic rings. The zero-order valence-corrected chi connectivity index (χ0v) is 11.1. The summed E-state index contributed by atoms with van der Waals surface area (Å²) in [6.45, 7) is 7.59.